The van der Waals surface area contributed by atoms with E-state index >= 15 is 0 Å². The first kappa shape index (κ1) is 15.8. The molecule has 1 aromatic carbocycles. The highest BCUT2D eigenvalue weighted by molar-refractivity contribution is 7.19. The van der Waals surface area contributed by atoms with Gasteiger partial charge in [-0.25, -0.2) is 9.97 Å². The van der Waals surface area contributed by atoms with Crippen molar-refractivity contribution in [2.75, 3.05) is 5.43 Å². The van der Waals surface area contributed by atoms with Gasteiger partial charge in [0.2, 0.25) is 0 Å². The fourth-order valence-electron chi connectivity index (χ4n) is 2.97. The number of rotatable bonds is 3. The Morgan fingerprint density at radius 1 is 1.12 bits per heavy atom. The Hall–Kier alpha value is -1.69. The van der Waals surface area contributed by atoms with Crippen molar-refractivity contribution < 1.29 is 0 Å². The minimum atomic E-state index is 0.564. The number of anilines is 1. The molecular formula is C17H14Cl2N4S. The molecule has 122 valence electrons. The molecule has 4 rings (SSSR count). The summed E-state index contributed by atoms with van der Waals surface area (Å²) in [7, 11) is 0. The fourth-order valence-corrected chi connectivity index (χ4v) is 4.69. The molecule has 0 bridgehead atoms. The molecule has 2 aromatic heterocycles. The van der Waals surface area contributed by atoms with E-state index in [-0.39, 0.29) is 0 Å². The SMILES string of the molecule is Clc1cccc(Cl)c1C=NNc1ncnc2sc3c(c12)CCCC3. The smallest absolute Gasteiger partial charge is 0.158 e. The van der Waals surface area contributed by atoms with Crippen LogP contribution >= 0.6 is 34.5 Å². The van der Waals surface area contributed by atoms with Gasteiger partial charge in [-0.2, -0.15) is 5.10 Å². The van der Waals surface area contributed by atoms with Crippen LogP contribution in [0.25, 0.3) is 10.2 Å². The number of aromatic nitrogens is 2. The maximum atomic E-state index is 6.16. The predicted octanol–water partition coefficient (Wildman–Crippen LogP) is 5.32. The van der Waals surface area contributed by atoms with Gasteiger partial charge in [0.25, 0.3) is 0 Å². The molecule has 3 aromatic rings. The van der Waals surface area contributed by atoms with Gasteiger partial charge in [-0.1, -0.05) is 29.3 Å². The lowest BCUT2D eigenvalue weighted by atomic mass is 9.97. The molecule has 0 atom stereocenters. The van der Waals surface area contributed by atoms with E-state index < -0.39 is 0 Å². The van der Waals surface area contributed by atoms with Crippen LogP contribution < -0.4 is 5.43 Å². The lowest BCUT2D eigenvalue weighted by Gasteiger charge is -2.11. The molecule has 2 heterocycles. The summed E-state index contributed by atoms with van der Waals surface area (Å²) in [5.41, 5.74) is 5.09. The zero-order valence-electron chi connectivity index (χ0n) is 12.7. The van der Waals surface area contributed by atoms with Crippen LogP contribution in [-0.4, -0.2) is 16.2 Å². The molecule has 1 aliphatic rings. The van der Waals surface area contributed by atoms with Gasteiger partial charge in [0.05, 0.1) is 21.6 Å². The van der Waals surface area contributed by atoms with Crippen molar-refractivity contribution in [3.63, 3.8) is 0 Å². The maximum absolute atomic E-state index is 6.16. The highest BCUT2D eigenvalue weighted by Crippen LogP contribution is 2.38. The van der Waals surface area contributed by atoms with Gasteiger partial charge in [-0.3, -0.25) is 5.43 Å². The molecule has 7 heteroatoms. The van der Waals surface area contributed by atoms with Crippen molar-refractivity contribution in [2.45, 2.75) is 25.7 Å². The third-order valence-corrected chi connectivity index (χ3v) is 5.97. The van der Waals surface area contributed by atoms with Crippen LogP contribution in [0.2, 0.25) is 10.0 Å². The number of thiophene rings is 1. The summed E-state index contributed by atoms with van der Waals surface area (Å²) in [6.45, 7) is 0. The lowest BCUT2D eigenvalue weighted by molar-refractivity contribution is 0.700. The fraction of sp³-hybridized carbons (Fsp3) is 0.235. The van der Waals surface area contributed by atoms with E-state index in [9.17, 15) is 0 Å². The van der Waals surface area contributed by atoms with Gasteiger partial charge >= 0.3 is 0 Å². The van der Waals surface area contributed by atoms with E-state index in [2.05, 4.69) is 20.5 Å². The van der Waals surface area contributed by atoms with Crippen molar-refractivity contribution in [3.05, 3.63) is 50.6 Å². The van der Waals surface area contributed by atoms with Gasteiger partial charge in [0.15, 0.2) is 5.82 Å². The summed E-state index contributed by atoms with van der Waals surface area (Å²) in [5, 5.41) is 6.51. The largest absolute Gasteiger partial charge is 0.261 e. The monoisotopic (exact) mass is 376 g/mol. The van der Waals surface area contributed by atoms with Crippen molar-refractivity contribution in [1.82, 2.24) is 9.97 Å². The molecule has 1 N–H and O–H groups in total. The Morgan fingerprint density at radius 3 is 2.75 bits per heavy atom. The van der Waals surface area contributed by atoms with Crippen LogP contribution in [0.1, 0.15) is 28.8 Å². The van der Waals surface area contributed by atoms with E-state index in [0.29, 0.717) is 15.6 Å². The second kappa shape index (κ2) is 6.67. The zero-order chi connectivity index (χ0) is 16.5. The van der Waals surface area contributed by atoms with Crippen LogP contribution in [-0.2, 0) is 12.8 Å². The molecular weight excluding hydrogens is 363 g/mol. The van der Waals surface area contributed by atoms with Crippen LogP contribution in [0, 0.1) is 0 Å². The first-order valence-corrected chi connectivity index (χ1v) is 9.29. The summed E-state index contributed by atoms with van der Waals surface area (Å²) in [5.74, 6) is 0.735. The molecule has 0 unspecified atom stereocenters. The molecule has 0 aliphatic heterocycles. The molecule has 0 saturated carbocycles. The Labute approximate surface area is 153 Å². The van der Waals surface area contributed by atoms with Gasteiger partial charge < -0.3 is 0 Å². The average molecular weight is 377 g/mol. The summed E-state index contributed by atoms with van der Waals surface area (Å²) in [6.07, 6.45) is 7.87. The highest BCUT2D eigenvalue weighted by atomic mass is 35.5. The van der Waals surface area contributed by atoms with Crippen LogP contribution in [0.5, 0.6) is 0 Å². The number of aryl methyl sites for hydroxylation is 2. The summed E-state index contributed by atoms with van der Waals surface area (Å²) in [6, 6.07) is 5.38. The van der Waals surface area contributed by atoms with Gasteiger partial charge in [0, 0.05) is 10.4 Å². The van der Waals surface area contributed by atoms with Crippen molar-refractivity contribution in [2.24, 2.45) is 5.10 Å². The predicted molar refractivity (Wildman–Crippen MR) is 102 cm³/mol. The summed E-state index contributed by atoms with van der Waals surface area (Å²) < 4.78 is 0. The van der Waals surface area contributed by atoms with Crippen molar-refractivity contribution in [1.29, 1.82) is 0 Å². The van der Waals surface area contributed by atoms with Crippen LogP contribution in [0.15, 0.2) is 29.6 Å². The number of halogens is 2. The molecule has 0 saturated heterocycles. The number of hydrogen-bond donors (Lipinski definition) is 1. The number of fused-ring (bicyclic) bond motifs is 3. The third kappa shape index (κ3) is 2.88. The molecule has 24 heavy (non-hydrogen) atoms. The number of nitrogens with one attached hydrogen (secondary N) is 1. The van der Waals surface area contributed by atoms with Crippen LogP contribution in [0.3, 0.4) is 0 Å². The molecule has 0 spiro atoms. The standard InChI is InChI=1S/C17H14Cl2N4S/c18-12-5-3-6-13(19)11(12)8-22-23-16-15-10-4-1-2-7-14(10)24-17(15)21-9-20-16/h3,5-6,8-9H,1-2,4,7H2,(H,20,21,23). The second-order valence-electron chi connectivity index (χ2n) is 5.62. The van der Waals surface area contributed by atoms with Crippen molar-refractivity contribution >= 4 is 56.8 Å². The Bertz CT molecular complexity index is 915. The molecule has 1 aliphatic carbocycles. The Kier molecular flexibility index (Phi) is 4.39. The van der Waals surface area contributed by atoms with E-state index in [0.717, 1.165) is 28.9 Å². The first-order valence-electron chi connectivity index (χ1n) is 7.72. The molecule has 0 fully saturated rings. The molecule has 0 radical (unpaired) electrons. The van der Waals surface area contributed by atoms with Crippen molar-refractivity contribution in [3.8, 4) is 0 Å². The van der Waals surface area contributed by atoms with Gasteiger partial charge in [-0.05, 0) is 43.4 Å². The zero-order valence-corrected chi connectivity index (χ0v) is 15.0. The molecule has 4 nitrogen and oxygen atoms in total. The Balaban J connectivity index is 1.68. The topological polar surface area (TPSA) is 50.2 Å². The van der Waals surface area contributed by atoms with Crippen LogP contribution in [0.4, 0.5) is 5.82 Å². The highest BCUT2D eigenvalue weighted by Gasteiger charge is 2.19. The first-order chi connectivity index (χ1) is 11.7. The van der Waals surface area contributed by atoms with Gasteiger partial charge in [-0.15, -0.1) is 11.3 Å². The Morgan fingerprint density at radius 2 is 1.92 bits per heavy atom. The number of hydrazone groups is 1. The summed E-state index contributed by atoms with van der Waals surface area (Å²) in [4.78, 5) is 11.2. The minimum Gasteiger partial charge on any atom is -0.261 e. The average Bonchev–Trinajstić information content (AvgIpc) is 2.97. The quantitative estimate of drug-likeness (QED) is 0.496. The van der Waals surface area contributed by atoms with E-state index in [1.165, 1.54) is 23.3 Å². The normalized spacial score (nSPS) is 14.2. The number of benzene rings is 1. The maximum Gasteiger partial charge on any atom is 0.158 e. The van der Waals surface area contributed by atoms with E-state index in [4.69, 9.17) is 23.2 Å². The lowest BCUT2D eigenvalue weighted by Crippen LogP contribution is -2.01. The second-order valence-corrected chi connectivity index (χ2v) is 7.52. The number of hydrogen-bond acceptors (Lipinski definition) is 5. The third-order valence-electron chi connectivity index (χ3n) is 4.12. The minimum absolute atomic E-state index is 0.564. The van der Waals surface area contributed by atoms with E-state index in [1.54, 1.807) is 42.1 Å². The summed E-state index contributed by atoms with van der Waals surface area (Å²) >= 11 is 14.1. The van der Waals surface area contributed by atoms with E-state index in [1.807, 2.05) is 0 Å². The molecule has 0 amide bonds. The number of nitrogens with zero attached hydrogens (tertiary/aromatic N) is 3. The van der Waals surface area contributed by atoms with Gasteiger partial charge in [0.1, 0.15) is 11.2 Å².